The zero-order valence-corrected chi connectivity index (χ0v) is 10.2. The van der Waals surface area contributed by atoms with Crippen molar-refractivity contribution < 1.29 is 9.13 Å². The summed E-state index contributed by atoms with van der Waals surface area (Å²) in [5.41, 5.74) is 2.00. The molecule has 0 fully saturated rings. The number of nitrogens with one attached hydrogen (secondary N) is 1. The van der Waals surface area contributed by atoms with Crippen molar-refractivity contribution in [2.45, 2.75) is 19.9 Å². The lowest BCUT2D eigenvalue weighted by Crippen LogP contribution is -2.21. The van der Waals surface area contributed by atoms with Gasteiger partial charge in [-0.1, -0.05) is 17.7 Å². The van der Waals surface area contributed by atoms with Crippen LogP contribution in [0.15, 0.2) is 23.8 Å². The largest absolute Gasteiger partial charge is 0.494 e. The summed E-state index contributed by atoms with van der Waals surface area (Å²) in [6.07, 6.45) is 1.96. The van der Waals surface area contributed by atoms with Crippen molar-refractivity contribution in [1.29, 1.82) is 0 Å². The first-order chi connectivity index (χ1) is 7.58. The molecule has 3 heteroatoms. The molecule has 1 N–H and O–H groups in total. The van der Waals surface area contributed by atoms with Gasteiger partial charge in [0.2, 0.25) is 0 Å². The summed E-state index contributed by atoms with van der Waals surface area (Å²) in [5, 5.41) is 3.14. The molecule has 1 aromatic rings. The van der Waals surface area contributed by atoms with Crippen LogP contribution >= 0.6 is 0 Å². The number of hydrogen-bond donors (Lipinski definition) is 1. The van der Waals surface area contributed by atoms with Crippen molar-refractivity contribution in [2.24, 2.45) is 0 Å². The predicted octanol–water partition coefficient (Wildman–Crippen LogP) is 2.85. The van der Waals surface area contributed by atoms with E-state index in [2.05, 4.69) is 12.2 Å². The van der Waals surface area contributed by atoms with Gasteiger partial charge in [-0.05, 0) is 38.6 Å². The summed E-state index contributed by atoms with van der Waals surface area (Å²) in [6.45, 7) is 4.08. The maximum atomic E-state index is 13.4. The first-order valence-corrected chi connectivity index (χ1v) is 5.27. The number of hydrogen-bond acceptors (Lipinski definition) is 2. The lowest BCUT2D eigenvalue weighted by Gasteiger charge is -2.10. The lowest BCUT2D eigenvalue weighted by molar-refractivity contribution is 0.386. The molecule has 0 saturated heterocycles. The van der Waals surface area contributed by atoms with E-state index < -0.39 is 0 Å². The summed E-state index contributed by atoms with van der Waals surface area (Å²) in [7, 11) is 3.36. The van der Waals surface area contributed by atoms with Crippen LogP contribution in [0, 0.1) is 5.82 Å². The van der Waals surface area contributed by atoms with Crippen molar-refractivity contribution in [3.8, 4) is 5.75 Å². The molecule has 0 aliphatic rings. The van der Waals surface area contributed by atoms with E-state index in [1.54, 1.807) is 6.07 Å². The molecule has 0 spiro atoms. The minimum atomic E-state index is -0.332. The summed E-state index contributed by atoms with van der Waals surface area (Å²) < 4.78 is 18.3. The minimum Gasteiger partial charge on any atom is -0.494 e. The molecule has 1 rings (SSSR count). The second kappa shape index (κ2) is 5.66. The fraction of sp³-hybridized carbons (Fsp3) is 0.385. The van der Waals surface area contributed by atoms with Crippen LogP contribution < -0.4 is 10.1 Å². The molecule has 16 heavy (non-hydrogen) atoms. The van der Waals surface area contributed by atoms with Crippen LogP contribution in [0.3, 0.4) is 0 Å². The van der Waals surface area contributed by atoms with E-state index >= 15 is 0 Å². The third-order valence-electron chi connectivity index (χ3n) is 2.69. The van der Waals surface area contributed by atoms with Gasteiger partial charge in [-0.3, -0.25) is 0 Å². The van der Waals surface area contributed by atoms with Gasteiger partial charge in [0.15, 0.2) is 11.6 Å². The number of rotatable bonds is 4. The Kier molecular flexibility index (Phi) is 4.50. The quantitative estimate of drug-likeness (QED) is 0.847. The molecule has 0 saturated carbocycles. The Hall–Kier alpha value is -1.35. The standard InChI is InChI=1S/C13H18FNO/c1-9(10(2)15-3)7-11-5-6-13(16-4)12(14)8-11/h5-8,10,15H,1-4H3/b9-7+. The number of methoxy groups -OCH3 is 1. The molecule has 1 atom stereocenters. The molecule has 2 nitrogen and oxygen atoms in total. The topological polar surface area (TPSA) is 21.3 Å². The van der Waals surface area contributed by atoms with Gasteiger partial charge < -0.3 is 10.1 Å². The molecular weight excluding hydrogens is 205 g/mol. The molecule has 0 amide bonds. The van der Waals surface area contributed by atoms with Crippen LogP contribution in [-0.4, -0.2) is 20.2 Å². The summed E-state index contributed by atoms with van der Waals surface area (Å²) in [4.78, 5) is 0. The molecule has 0 radical (unpaired) electrons. The molecular formula is C13H18FNO. The lowest BCUT2D eigenvalue weighted by atomic mass is 10.1. The van der Waals surface area contributed by atoms with Gasteiger partial charge in [-0.2, -0.15) is 0 Å². The van der Waals surface area contributed by atoms with Crippen molar-refractivity contribution >= 4 is 6.08 Å². The zero-order chi connectivity index (χ0) is 12.1. The van der Waals surface area contributed by atoms with E-state index in [1.165, 1.54) is 13.2 Å². The summed E-state index contributed by atoms with van der Waals surface area (Å²) in [6, 6.07) is 5.24. The third kappa shape index (κ3) is 3.07. The molecule has 0 aliphatic carbocycles. The zero-order valence-electron chi connectivity index (χ0n) is 10.2. The highest BCUT2D eigenvalue weighted by atomic mass is 19.1. The predicted molar refractivity (Wildman–Crippen MR) is 65.1 cm³/mol. The molecule has 1 aromatic carbocycles. The average molecular weight is 223 g/mol. The molecule has 0 aromatic heterocycles. The second-order valence-corrected chi connectivity index (χ2v) is 3.79. The highest BCUT2D eigenvalue weighted by molar-refractivity contribution is 5.54. The molecule has 0 bridgehead atoms. The first kappa shape index (κ1) is 12.7. The monoisotopic (exact) mass is 223 g/mol. The second-order valence-electron chi connectivity index (χ2n) is 3.79. The van der Waals surface area contributed by atoms with E-state index in [-0.39, 0.29) is 17.6 Å². The van der Waals surface area contributed by atoms with Gasteiger partial charge >= 0.3 is 0 Å². The Morgan fingerprint density at radius 3 is 2.69 bits per heavy atom. The van der Waals surface area contributed by atoms with Crippen LogP contribution in [0.4, 0.5) is 4.39 Å². The van der Waals surface area contributed by atoms with Crippen molar-refractivity contribution in [1.82, 2.24) is 5.32 Å². The first-order valence-electron chi connectivity index (χ1n) is 5.27. The van der Waals surface area contributed by atoms with Crippen molar-refractivity contribution in [2.75, 3.05) is 14.2 Å². The normalized spacial score (nSPS) is 13.7. The van der Waals surface area contributed by atoms with Gasteiger partial charge in [-0.15, -0.1) is 0 Å². The minimum absolute atomic E-state index is 0.275. The highest BCUT2D eigenvalue weighted by Crippen LogP contribution is 2.19. The fourth-order valence-corrected chi connectivity index (χ4v) is 1.39. The SMILES string of the molecule is CNC(C)/C(C)=C/c1ccc(OC)c(F)c1. The fourth-order valence-electron chi connectivity index (χ4n) is 1.39. The molecule has 88 valence electrons. The average Bonchev–Trinajstić information content (AvgIpc) is 2.28. The maximum absolute atomic E-state index is 13.4. The molecule has 0 heterocycles. The molecule has 1 unspecified atom stereocenters. The van der Waals surface area contributed by atoms with E-state index in [0.29, 0.717) is 0 Å². The van der Waals surface area contributed by atoms with Crippen LogP contribution in [-0.2, 0) is 0 Å². The van der Waals surface area contributed by atoms with Gasteiger partial charge in [-0.25, -0.2) is 4.39 Å². The Morgan fingerprint density at radius 2 is 2.19 bits per heavy atom. The van der Waals surface area contributed by atoms with Crippen LogP contribution in [0.25, 0.3) is 6.08 Å². The number of likely N-dealkylation sites (N-methyl/N-ethyl adjacent to an activating group) is 1. The van der Waals surface area contributed by atoms with Crippen LogP contribution in [0.1, 0.15) is 19.4 Å². The van der Waals surface area contributed by atoms with Crippen LogP contribution in [0.5, 0.6) is 5.75 Å². The third-order valence-corrected chi connectivity index (χ3v) is 2.69. The van der Waals surface area contributed by atoms with Gasteiger partial charge in [0.05, 0.1) is 7.11 Å². The number of ether oxygens (including phenoxy) is 1. The maximum Gasteiger partial charge on any atom is 0.165 e. The Balaban J connectivity index is 2.94. The van der Waals surface area contributed by atoms with Gasteiger partial charge in [0.25, 0.3) is 0 Å². The van der Waals surface area contributed by atoms with Crippen LogP contribution in [0.2, 0.25) is 0 Å². The van der Waals surface area contributed by atoms with Gasteiger partial charge in [0.1, 0.15) is 0 Å². The van der Waals surface area contributed by atoms with E-state index in [9.17, 15) is 4.39 Å². The van der Waals surface area contributed by atoms with E-state index in [0.717, 1.165) is 11.1 Å². The van der Waals surface area contributed by atoms with Crippen molar-refractivity contribution in [3.05, 3.63) is 35.2 Å². The number of halogens is 1. The highest BCUT2D eigenvalue weighted by Gasteiger charge is 2.04. The summed E-state index contributed by atoms with van der Waals surface area (Å²) in [5.74, 6) is -0.0578. The number of benzene rings is 1. The summed E-state index contributed by atoms with van der Waals surface area (Å²) >= 11 is 0. The smallest absolute Gasteiger partial charge is 0.165 e. The Bertz CT molecular complexity index is 388. The molecule has 0 aliphatic heterocycles. The van der Waals surface area contributed by atoms with E-state index in [4.69, 9.17) is 4.74 Å². The van der Waals surface area contributed by atoms with E-state index in [1.807, 2.05) is 26.1 Å². The van der Waals surface area contributed by atoms with Gasteiger partial charge in [0, 0.05) is 6.04 Å². The van der Waals surface area contributed by atoms with Crippen molar-refractivity contribution in [3.63, 3.8) is 0 Å². The Labute approximate surface area is 96.1 Å². The Morgan fingerprint density at radius 1 is 1.50 bits per heavy atom.